The molecule has 3 N–H and O–H groups in total. The van der Waals surface area contributed by atoms with Crippen molar-refractivity contribution in [2.75, 3.05) is 6.67 Å². The Bertz CT molecular complexity index is 264. The van der Waals surface area contributed by atoms with Gasteiger partial charge in [0.1, 0.15) is 11.3 Å². The molecular formula is C6H8BrClN4. The Balaban J connectivity index is 2.31. The molecule has 0 saturated heterocycles. The number of halogens is 2. The summed E-state index contributed by atoms with van der Waals surface area (Å²) in [6.45, 7) is 0.530. The Hall–Kier alpha value is -0.100. The zero-order valence-corrected chi connectivity index (χ0v) is 8.51. The van der Waals surface area contributed by atoms with Crippen LogP contribution in [0.25, 0.3) is 0 Å². The first-order valence-electron chi connectivity index (χ1n) is 3.53. The molecule has 2 atom stereocenters. The molecule has 2 aliphatic rings. The highest BCUT2D eigenvalue weighted by Gasteiger charge is 2.37. The number of nitrogens with zero attached hydrogens (tertiary/aromatic N) is 2. The smallest absolute Gasteiger partial charge is 0.113 e. The average molecular weight is 252 g/mol. The summed E-state index contributed by atoms with van der Waals surface area (Å²) < 4.78 is 0.968. The highest BCUT2D eigenvalue weighted by atomic mass is 79.9. The number of fused-ring (bicyclic) bond motifs is 1. The minimum absolute atomic E-state index is 0.0457. The van der Waals surface area contributed by atoms with Crippen molar-refractivity contribution in [3.8, 4) is 0 Å². The minimum atomic E-state index is 0.0457. The van der Waals surface area contributed by atoms with E-state index in [0.29, 0.717) is 11.8 Å². The number of hydrazine groups is 1. The lowest BCUT2D eigenvalue weighted by molar-refractivity contribution is 0.237. The molecule has 2 aliphatic heterocycles. The Morgan fingerprint density at radius 3 is 3.25 bits per heavy atom. The van der Waals surface area contributed by atoms with Crippen molar-refractivity contribution in [1.82, 2.24) is 10.3 Å². The van der Waals surface area contributed by atoms with Crippen LogP contribution in [0.2, 0.25) is 0 Å². The van der Waals surface area contributed by atoms with Gasteiger partial charge in [0.05, 0.1) is 12.6 Å². The maximum atomic E-state index is 5.93. The van der Waals surface area contributed by atoms with Crippen molar-refractivity contribution in [3.63, 3.8) is 0 Å². The first kappa shape index (κ1) is 8.50. The Kier molecular flexibility index (Phi) is 2.12. The molecule has 0 fully saturated rings. The summed E-state index contributed by atoms with van der Waals surface area (Å²) in [6.07, 6.45) is 1.86. The van der Waals surface area contributed by atoms with E-state index in [1.165, 1.54) is 0 Å². The zero-order valence-electron chi connectivity index (χ0n) is 6.17. The summed E-state index contributed by atoms with van der Waals surface area (Å²) in [5, 5.41) is 5.35. The predicted octanol–water partition coefficient (Wildman–Crippen LogP) is 0.552. The SMILES string of the molecule is NN1C=C(Br)C2C(Cl)=NCNC21. The molecule has 0 aromatic rings. The molecule has 4 nitrogen and oxygen atoms in total. The van der Waals surface area contributed by atoms with Crippen LogP contribution in [0.4, 0.5) is 0 Å². The second kappa shape index (κ2) is 2.99. The third-order valence-corrected chi connectivity index (χ3v) is 3.05. The van der Waals surface area contributed by atoms with Gasteiger partial charge in [-0.05, 0) is 0 Å². The van der Waals surface area contributed by atoms with Gasteiger partial charge in [0, 0.05) is 10.7 Å². The molecule has 6 heteroatoms. The van der Waals surface area contributed by atoms with Crippen LogP contribution >= 0.6 is 27.5 Å². The van der Waals surface area contributed by atoms with Crippen molar-refractivity contribution in [3.05, 3.63) is 10.7 Å². The second-order valence-corrected chi connectivity index (χ2v) is 4.03. The molecule has 0 aliphatic carbocycles. The van der Waals surface area contributed by atoms with Crippen LogP contribution in [0.5, 0.6) is 0 Å². The molecule has 2 unspecified atom stereocenters. The molecule has 0 bridgehead atoms. The van der Waals surface area contributed by atoms with Crippen LogP contribution in [-0.2, 0) is 0 Å². The fourth-order valence-electron chi connectivity index (χ4n) is 1.41. The van der Waals surface area contributed by atoms with E-state index in [2.05, 4.69) is 26.2 Å². The van der Waals surface area contributed by atoms with E-state index < -0.39 is 0 Å². The number of hydrogen-bond donors (Lipinski definition) is 2. The maximum Gasteiger partial charge on any atom is 0.113 e. The summed E-state index contributed by atoms with van der Waals surface area (Å²) >= 11 is 9.33. The van der Waals surface area contributed by atoms with Crippen LogP contribution < -0.4 is 11.2 Å². The van der Waals surface area contributed by atoms with Gasteiger partial charge in [-0.15, -0.1) is 0 Å². The third kappa shape index (κ3) is 1.17. The molecule has 2 rings (SSSR count). The van der Waals surface area contributed by atoms with Gasteiger partial charge in [-0.3, -0.25) is 15.3 Å². The average Bonchev–Trinajstić information content (AvgIpc) is 2.29. The first-order valence-corrected chi connectivity index (χ1v) is 4.70. The lowest BCUT2D eigenvalue weighted by Gasteiger charge is -2.29. The van der Waals surface area contributed by atoms with Crippen LogP contribution in [0.15, 0.2) is 15.7 Å². The lowest BCUT2D eigenvalue weighted by Crippen LogP contribution is -2.51. The Morgan fingerprint density at radius 1 is 1.83 bits per heavy atom. The summed E-state index contributed by atoms with van der Waals surface area (Å²) in [6, 6.07) is 0. The molecule has 0 spiro atoms. The van der Waals surface area contributed by atoms with Gasteiger partial charge in [-0.2, -0.15) is 0 Å². The predicted molar refractivity (Wildman–Crippen MR) is 51.6 cm³/mol. The number of hydrogen-bond acceptors (Lipinski definition) is 4. The van der Waals surface area contributed by atoms with E-state index in [1.807, 2.05) is 6.20 Å². The largest absolute Gasteiger partial charge is 0.299 e. The van der Waals surface area contributed by atoms with Crippen molar-refractivity contribution < 1.29 is 0 Å². The fraction of sp³-hybridized carbons (Fsp3) is 0.500. The molecular weight excluding hydrogens is 243 g/mol. The molecule has 12 heavy (non-hydrogen) atoms. The molecule has 0 aromatic carbocycles. The third-order valence-electron chi connectivity index (χ3n) is 1.99. The van der Waals surface area contributed by atoms with Crippen LogP contribution in [-0.4, -0.2) is 23.0 Å². The molecule has 66 valence electrons. The van der Waals surface area contributed by atoms with Gasteiger partial charge in [-0.25, -0.2) is 5.84 Å². The van der Waals surface area contributed by atoms with Gasteiger partial charge >= 0.3 is 0 Å². The zero-order chi connectivity index (χ0) is 8.72. The van der Waals surface area contributed by atoms with Crippen molar-refractivity contribution in [2.24, 2.45) is 16.8 Å². The molecule has 0 radical (unpaired) electrons. The quantitative estimate of drug-likeness (QED) is 0.618. The van der Waals surface area contributed by atoms with E-state index in [0.717, 1.165) is 4.48 Å². The topological polar surface area (TPSA) is 53.6 Å². The van der Waals surface area contributed by atoms with Gasteiger partial charge < -0.3 is 0 Å². The summed E-state index contributed by atoms with van der Waals surface area (Å²) in [5.74, 6) is 5.75. The highest BCUT2D eigenvalue weighted by molar-refractivity contribution is 9.11. The number of aliphatic imine (C=N–C) groups is 1. The van der Waals surface area contributed by atoms with Crippen molar-refractivity contribution >= 4 is 32.7 Å². The van der Waals surface area contributed by atoms with Crippen LogP contribution in [0.3, 0.4) is 0 Å². The molecule has 2 heterocycles. The van der Waals surface area contributed by atoms with Gasteiger partial charge in [-0.1, -0.05) is 27.5 Å². The second-order valence-electron chi connectivity index (χ2n) is 2.73. The molecule has 0 saturated carbocycles. The molecule has 0 aromatic heterocycles. The normalized spacial score (nSPS) is 34.4. The minimum Gasteiger partial charge on any atom is -0.299 e. The van der Waals surface area contributed by atoms with Crippen LogP contribution in [0, 0.1) is 5.92 Å². The summed E-state index contributed by atoms with van der Waals surface area (Å²) in [4.78, 5) is 4.08. The van der Waals surface area contributed by atoms with Crippen molar-refractivity contribution in [1.29, 1.82) is 0 Å². The standard InChI is InChI=1S/C6H8BrClN4/c7-3-1-12(9)6-4(3)5(8)10-2-11-6/h1,4,6,11H,2,9H2. The van der Waals surface area contributed by atoms with Crippen molar-refractivity contribution in [2.45, 2.75) is 6.17 Å². The number of rotatable bonds is 0. The van der Waals surface area contributed by atoms with Gasteiger partial charge in [0.2, 0.25) is 0 Å². The first-order chi connectivity index (χ1) is 5.70. The summed E-state index contributed by atoms with van der Waals surface area (Å²) in [7, 11) is 0. The molecule has 0 amide bonds. The number of nitrogens with one attached hydrogen (secondary N) is 1. The maximum absolute atomic E-state index is 5.93. The van der Waals surface area contributed by atoms with Gasteiger partial charge in [0.15, 0.2) is 0 Å². The Labute approximate surface area is 83.5 Å². The van der Waals surface area contributed by atoms with E-state index in [4.69, 9.17) is 17.4 Å². The lowest BCUT2D eigenvalue weighted by atomic mass is 10.1. The number of nitrogens with two attached hydrogens (primary N) is 1. The van der Waals surface area contributed by atoms with Gasteiger partial charge in [0.25, 0.3) is 0 Å². The van der Waals surface area contributed by atoms with E-state index in [-0.39, 0.29) is 12.1 Å². The summed E-state index contributed by atoms with van der Waals surface area (Å²) in [5.41, 5.74) is 0. The Morgan fingerprint density at radius 2 is 2.58 bits per heavy atom. The van der Waals surface area contributed by atoms with E-state index >= 15 is 0 Å². The fourth-order valence-corrected chi connectivity index (χ4v) is 2.54. The highest BCUT2D eigenvalue weighted by Crippen LogP contribution is 2.33. The van der Waals surface area contributed by atoms with E-state index in [9.17, 15) is 0 Å². The van der Waals surface area contributed by atoms with Crippen LogP contribution in [0.1, 0.15) is 0 Å². The monoisotopic (exact) mass is 250 g/mol. The van der Waals surface area contributed by atoms with E-state index in [1.54, 1.807) is 5.01 Å².